The quantitative estimate of drug-likeness (QED) is 0.909. The van der Waals surface area contributed by atoms with Crippen LogP contribution in [0.15, 0.2) is 36.4 Å². The molecule has 19 heavy (non-hydrogen) atoms. The molecule has 1 unspecified atom stereocenters. The van der Waals surface area contributed by atoms with E-state index in [0.29, 0.717) is 16.7 Å². The van der Waals surface area contributed by atoms with Crippen molar-refractivity contribution in [3.05, 3.63) is 63.1 Å². The van der Waals surface area contributed by atoms with Crippen LogP contribution >= 0.6 is 23.2 Å². The highest BCUT2D eigenvalue weighted by Gasteiger charge is 2.23. The molecular formula is C15H13Cl2NO. The fraction of sp³-hybridized carbons (Fsp3) is 0.200. The maximum Gasteiger partial charge on any atom is 0.127 e. The van der Waals surface area contributed by atoms with Crippen molar-refractivity contribution < 1.29 is 4.74 Å². The molecular weight excluding hydrogens is 281 g/mol. The minimum absolute atomic E-state index is 0.380. The Morgan fingerprint density at radius 2 is 1.74 bits per heavy atom. The zero-order valence-electron chi connectivity index (χ0n) is 10.2. The molecule has 98 valence electrons. The zero-order valence-corrected chi connectivity index (χ0v) is 11.7. The second-order valence-corrected chi connectivity index (χ2v) is 5.36. The van der Waals surface area contributed by atoms with Crippen LogP contribution in [-0.4, -0.2) is 6.61 Å². The first-order chi connectivity index (χ1) is 9.18. The summed E-state index contributed by atoms with van der Waals surface area (Å²) in [5.41, 5.74) is 9.21. The van der Waals surface area contributed by atoms with Gasteiger partial charge in [0.05, 0.1) is 12.6 Å². The maximum atomic E-state index is 6.34. The lowest BCUT2D eigenvalue weighted by molar-refractivity contribution is 0.352. The molecule has 3 rings (SSSR count). The Morgan fingerprint density at radius 3 is 2.47 bits per heavy atom. The summed E-state index contributed by atoms with van der Waals surface area (Å²) in [5.74, 6) is 0.881. The number of benzene rings is 2. The number of ether oxygens (including phenoxy) is 1. The minimum Gasteiger partial charge on any atom is -0.493 e. The molecule has 1 atom stereocenters. The lowest BCUT2D eigenvalue weighted by Gasteiger charge is -2.18. The van der Waals surface area contributed by atoms with E-state index in [1.165, 1.54) is 5.56 Å². The Morgan fingerprint density at radius 1 is 1.05 bits per heavy atom. The number of hydrogen-bond donors (Lipinski definition) is 1. The summed E-state index contributed by atoms with van der Waals surface area (Å²) in [4.78, 5) is 0. The molecule has 2 aromatic rings. The van der Waals surface area contributed by atoms with E-state index in [-0.39, 0.29) is 6.04 Å². The number of nitrogens with two attached hydrogens (primary N) is 1. The van der Waals surface area contributed by atoms with Crippen LogP contribution in [0.2, 0.25) is 10.0 Å². The number of fused-ring (bicyclic) bond motifs is 1. The third-order valence-electron chi connectivity index (χ3n) is 3.39. The first-order valence-electron chi connectivity index (χ1n) is 6.12. The molecule has 2 nitrogen and oxygen atoms in total. The molecule has 0 radical (unpaired) electrons. The van der Waals surface area contributed by atoms with Gasteiger partial charge in [0.15, 0.2) is 0 Å². The normalized spacial score (nSPS) is 14.9. The predicted molar refractivity (Wildman–Crippen MR) is 78.1 cm³/mol. The molecule has 2 aromatic carbocycles. The van der Waals surface area contributed by atoms with Crippen LogP contribution in [-0.2, 0) is 6.42 Å². The Balaban J connectivity index is 2.10. The molecule has 4 heteroatoms. The van der Waals surface area contributed by atoms with Crippen molar-refractivity contribution in [2.45, 2.75) is 12.5 Å². The third-order valence-corrected chi connectivity index (χ3v) is 4.05. The van der Waals surface area contributed by atoms with E-state index in [2.05, 4.69) is 6.07 Å². The van der Waals surface area contributed by atoms with Gasteiger partial charge in [-0.15, -0.1) is 0 Å². The van der Waals surface area contributed by atoms with Crippen LogP contribution in [0.5, 0.6) is 5.75 Å². The highest BCUT2D eigenvalue weighted by Crippen LogP contribution is 2.39. The molecule has 0 spiro atoms. The van der Waals surface area contributed by atoms with Crippen LogP contribution < -0.4 is 10.5 Å². The van der Waals surface area contributed by atoms with E-state index in [9.17, 15) is 0 Å². The van der Waals surface area contributed by atoms with Crippen molar-refractivity contribution in [2.75, 3.05) is 6.61 Å². The largest absolute Gasteiger partial charge is 0.493 e. The first-order valence-corrected chi connectivity index (χ1v) is 6.88. The second-order valence-electron chi connectivity index (χ2n) is 4.55. The number of rotatable bonds is 2. The van der Waals surface area contributed by atoms with Gasteiger partial charge in [-0.1, -0.05) is 47.5 Å². The van der Waals surface area contributed by atoms with Gasteiger partial charge in [0.1, 0.15) is 5.75 Å². The second kappa shape index (κ2) is 5.04. The summed E-state index contributed by atoms with van der Waals surface area (Å²) >= 11 is 12.4. The minimum atomic E-state index is -0.380. The Kier molecular flexibility index (Phi) is 3.40. The van der Waals surface area contributed by atoms with E-state index < -0.39 is 0 Å². The van der Waals surface area contributed by atoms with Crippen LogP contribution in [0.3, 0.4) is 0 Å². The number of hydrogen-bond acceptors (Lipinski definition) is 2. The molecule has 1 aliphatic rings. The van der Waals surface area contributed by atoms with Crippen LogP contribution in [0, 0.1) is 0 Å². The molecule has 1 aliphatic heterocycles. The van der Waals surface area contributed by atoms with E-state index in [1.807, 2.05) is 18.2 Å². The smallest absolute Gasteiger partial charge is 0.127 e. The Hall–Kier alpha value is -1.22. The first kappa shape index (κ1) is 12.8. The molecule has 1 heterocycles. The molecule has 0 amide bonds. The van der Waals surface area contributed by atoms with Gasteiger partial charge in [-0.25, -0.2) is 0 Å². The average Bonchev–Trinajstić information content (AvgIpc) is 2.86. The van der Waals surface area contributed by atoms with Crippen molar-refractivity contribution in [3.8, 4) is 5.75 Å². The van der Waals surface area contributed by atoms with Gasteiger partial charge in [-0.3, -0.25) is 0 Å². The molecule has 0 aliphatic carbocycles. The van der Waals surface area contributed by atoms with Crippen LogP contribution in [0.4, 0.5) is 0 Å². The molecule has 2 N–H and O–H groups in total. The van der Waals surface area contributed by atoms with Crippen LogP contribution in [0.25, 0.3) is 0 Å². The van der Waals surface area contributed by atoms with Gasteiger partial charge in [-0.05, 0) is 17.7 Å². The van der Waals surface area contributed by atoms with Gasteiger partial charge < -0.3 is 10.5 Å². The molecule has 0 aromatic heterocycles. The van der Waals surface area contributed by atoms with E-state index in [0.717, 1.165) is 23.3 Å². The van der Waals surface area contributed by atoms with Crippen molar-refractivity contribution in [2.24, 2.45) is 5.73 Å². The average molecular weight is 294 g/mol. The lowest BCUT2D eigenvalue weighted by Crippen LogP contribution is -2.14. The van der Waals surface area contributed by atoms with Crippen molar-refractivity contribution >= 4 is 23.2 Å². The van der Waals surface area contributed by atoms with E-state index >= 15 is 0 Å². The fourth-order valence-electron chi connectivity index (χ4n) is 2.45. The van der Waals surface area contributed by atoms with Gasteiger partial charge in [-0.2, -0.15) is 0 Å². The van der Waals surface area contributed by atoms with E-state index in [4.69, 9.17) is 33.7 Å². The maximum absolute atomic E-state index is 6.34. The van der Waals surface area contributed by atoms with Crippen LogP contribution in [0.1, 0.15) is 22.7 Å². The van der Waals surface area contributed by atoms with Crippen molar-refractivity contribution in [3.63, 3.8) is 0 Å². The summed E-state index contributed by atoms with van der Waals surface area (Å²) in [7, 11) is 0. The molecule has 0 bridgehead atoms. The number of halogens is 2. The summed E-state index contributed by atoms with van der Waals surface area (Å²) in [6.07, 6.45) is 0.923. The fourth-order valence-corrected chi connectivity index (χ4v) is 3.08. The topological polar surface area (TPSA) is 35.2 Å². The molecule has 0 saturated carbocycles. The Labute approximate surface area is 122 Å². The Bertz CT molecular complexity index is 607. The number of para-hydroxylation sites is 1. The SMILES string of the molecule is NC(c1cccc2c1OCC2)c1c(Cl)cccc1Cl. The summed E-state index contributed by atoms with van der Waals surface area (Å²) in [6.45, 7) is 0.704. The monoisotopic (exact) mass is 293 g/mol. The summed E-state index contributed by atoms with van der Waals surface area (Å²) in [6, 6.07) is 11.1. The molecule has 0 saturated heterocycles. The van der Waals surface area contributed by atoms with Crippen molar-refractivity contribution in [1.82, 2.24) is 0 Å². The van der Waals surface area contributed by atoms with Gasteiger partial charge in [0, 0.05) is 27.6 Å². The van der Waals surface area contributed by atoms with Gasteiger partial charge in [0.25, 0.3) is 0 Å². The third kappa shape index (κ3) is 2.20. The predicted octanol–water partition coefficient (Wildman–Crippen LogP) is 3.98. The molecule has 0 fully saturated rings. The highest BCUT2D eigenvalue weighted by atomic mass is 35.5. The standard InChI is InChI=1S/C15H13Cl2NO/c16-11-5-2-6-12(17)13(11)14(18)10-4-1-3-9-7-8-19-15(9)10/h1-6,14H,7-8,18H2. The van der Waals surface area contributed by atoms with E-state index in [1.54, 1.807) is 12.1 Å². The van der Waals surface area contributed by atoms with Crippen molar-refractivity contribution in [1.29, 1.82) is 0 Å². The highest BCUT2D eigenvalue weighted by molar-refractivity contribution is 6.36. The van der Waals surface area contributed by atoms with Gasteiger partial charge in [0.2, 0.25) is 0 Å². The zero-order chi connectivity index (χ0) is 13.4. The van der Waals surface area contributed by atoms with Gasteiger partial charge >= 0.3 is 0 Å². The summed E-state index contributed by atoms with van der Waals surface area (Å²) < 4.78 is 5.69. The summed E-state index contributed by atoms with van der Waals surface area (Å²) in [5, 5.41) is 1.16. The lowest BCUT2D eigenvalue weighted by atomic mass is 9.96.